The molecule has 0 aliphatic carbocycles. The first-order chi connectivity index (χ1) is 9.56. The molecule has 0 atom stereocenters. The first-order valence-electron chi connectivity index (χ1n) is 7.04. The molecule has 3 nitrogen and oxygen atoms in total. The lowest BCUT2D eigenvalue weighted by Gasteiger charge is -2.14. The van der Waals surface area contributed by atoms with Crippen molar-refractivity contribution in [3.05, 3.63) is 42.6 Å². The average Bonchev–Trinajstić information content (AvgIpc) is 2.46. The van der Waals surface area contributed by atoms with Gasteiger partial charge in [0.2, 0.25) is 0 Å². The van der Waals surface area contributed by atoms with E-state index in [2.05, 4.69) is 73.5 Å². The van der Waals surface area contributed by atoms with Gasteiger partial charge in [0.1, 0.15) is 5.82 Å². The molecule has 3 heteroatoms. The lowest BCUT2D eigenvalue weighted by Crippen LogP contribution is -2.09. The van der Waals surface area contributed by atoms with Crippen LogP contribution in [0.25, 0.3) is 11.1 Å². The Bertz CT molecular complexity index is 544. The van der Waals surface area contributed by atoms with Crippen molar-refractivity contribution in [3.63, 3.8) is 0 Å². The maximum Gasteiger partial charge on any atom is 0.125 e. The molecule has 0 radical (unpaired) electrons. The van der Waals surface area contributed by atoms with E-state index in [-0.39, 0.29) is 0 Å². The topological polar surface area (TPSA) is 28.2 Å². The molecule has 1 N–H and O–H groups in total. The van der Waals surface area contributed by atoms with Gasteiger partial charge in [-0.25, -0.2) is 4.98 Å². The third kappa shape index (κ3) is 3.73. The second kappa shape index (κ2) is 6.42. The van der Waals surface area contributed by atoms with Gasteiger partial charge in [0.25, 0.3) is 0 Å². The Morgan fingerprint density at radius 1 is 1.10 bits per heavy atom. The SMILES string of the molecule is CC(C)CNc1ccc(-c2cccc(N(C)C)c2)cn1. The summed E-state index contributed by atoms with van der Waals surface area (Å²) >= 11 is 0. The molecule has 0 bridgehead atoms. The zero-order valence-corrected chi connectivity index (χ0v) is 12.7. The quantitative estimate of drug-likeness (QED) is 0.892. The Morgan fingerprint density at radius 3 is 2.50 bits per heavy atom. The zero-order chi connectivity index (χ0) is 14.5. The van der Waals surface area contributed by atoms with Crippen LogP contribution in [0.5, 0.6) is 0 Å². The highest BCUT2D eigenvalue weighted by Crippen LogP contribution is 2.24. The molecule has 20 heavy (non-hydrogen) atoms. The van der Waals surface area contributed by atoms with Gasteiger partial charge < -0.3 is 10.2 Å². The molecule has 2 aromatic rings. The highest BCUT2D eigenvalue weighted by Gasteiger charge is 2.02. The first-order valence-corrected chi connectivity index (χ1v) is 7.04. The highest BCUT2D eigenvalue weighted by molar-refractivity contribution is 5.68. The molecule has 106 valence electrons. The van der Waals surface area contributed by atoms with Crippen molar-refractivity contribution in [3.8, 4) is 11.1 Å². The maximum absolute atomic E-state index is 4.48. The predicted octanol–water partition coefficient (Wildman–Crippen LogP) is 3.88. The smallest absolute Gasteiger partial charge is 0.125 e. The summed E-state index contributed by atoms with van der Waals surface area (Å²) in [4.78, 5) is 6.58. The number of hydrogen-bond acceptors (Lipinski definition) is 3. The van der Waals surface area contributed by atoms with E-state index in [9.17, 15) is 0 Å². The Balaban J connectivity index is 2.15. The fourth-order valence-electron chi connectivity index (χ4n) is 1.94. The molecular weight excluding hydrogens is 246 g/mol. The third-order valence-corrected chi connectivity index (χ3v) is 3.15. The lowest BCUT2D eigenvalue weighted by molar-refractivity contribution is 0.687. The van der Waals surface area contributed by atoms with Gasteiger partial charge in [0, 0.05) is 38.1 Å². The van der Waals surface area contributed by atoms with Gasteiger partial charge in [0.15, 0.2) is 0 Å². The summed E-state index contributed by atoms with van der Waals surface area (Å²) in [6, 6.07) is 12.6. The minimum atomic E-state index is 0.619. The third-order valence-electron chi connectivity index (χ3n) is 3.15. The van der Waals surface area contributed by atoms with Crippen molar-refractivity contribution < 1.29 is 0 Å². The number of benzene rings is 1. The van der Waals surface area contributed by atoms with Crippen molar-refractivity contribution in [1.82, 2.24) is 4.98 Å². The molecule has 0 unspecified atom stereocenters. The molecule has 2 rings (SSSR count). The molecule has 0 spiro atoms. The van der Waals surface area contributed by atoms with E-state index in [4.69, 9.17) is 0 Å². The molecule has 0 amide bonds. The van der Waals surface area contributed by atoms with Crippen LogP contribution in [0.4, 0.5) is 11.5 Å². The number of anilines is 2. The predicted molar refractivity (Wildman–Crippen MR) is 87.3 cm³/mol. The molecule has 0 aliphatic heterocycles. The van der Waals surface area contributed by atoms with Gasteiger partial charge in [-0.1, -0.05) is 26.0 Å². The monoisotopic (exact) mass is 269 g/mol. The van der Waals surface area contributed by atoms with Crippen LogP contribution in [0, 0.1) is 5.92 Å². The maximum atomic E-state index is 4.48. The second-order valence-electron chi connectivity index (χ2n) is 5.65. The number of pyridine rings is 1. The van der Waals surface area contributed by atoms with Gasteiger partial charge in [-0.3, -0.25) is 0 Å². The summed E-state index contributed by atoms with van der Waals surface area (Å²) in [5.41, 5.74) is 3.53. The van der Waals surface area contributed by atoms with Crippen molar-refractivity contribution in [2.24, 2.45) is 5.92 Å². The van der Waals surface area contributed by atoms with Gasteiger partial charge in [0.05, 0.1) is 0 Å². The summed E-state index contributed by atoms with van der Waals surface area (Å²) in [5, 5.41) is 3.33. The minimum Gasteiger partial charge on any atom is -0.378 e. The zero-order valence-electron chi connectivity index (χ0n) is 12.7. The van der Waals surface area contributed by atoms with Crippen LogP contribution in [-0.2, 0) is 0 Å². The van der Waals surface area contributed by atoms with Gasteiger partial charge in [-0.2, -0.15) is 0 Å². The summed E-state index contributed by atoms with van der Waals surface area (Å²) < 4.78 is 0. The van der Waals surface area contributed by atoms with E-state index in [1.807, 2.05) is 12.3 Å². The largest absolute Gasteiger partial charge is 0.378 e. The minimum absolute atomic E-state index is 0.619. The molecule has 1 aromatic carbocycles. The Morgan fingerprint density at radius 2 is 1.90 bits per heavy atom. The van der Waals surface area contributed by atoms with Crippen molar-refractivity contribution in [2.75, 3.05) is 30.9 Å². The molecule has 1 aromatic heterocycles. The van der Waals surface area contributed by atoms with E-state index >= 15 is 0 Å². The van der Waals surface area contributed by atoms with Crippen LogP contribution in [-0.4, -0.2) is 25.6 Å². The molecule has 0 fully saturated rings. The second-order valence-corrected chi connectivity index (χ2v) is 5.65. The average molecular weight is 269 g/mol. The molecule has 0 aliphatic rings. The fourth-order valence-corrected chi connectivity index (χ4v) is 1.94. The van der Waals surface area contributed by atoms with E-state index in [1.165, 1.54) is 11.3 Å². The molecular formula is C17H23N3. The van der Waals surface area contributed by atoms with Gasteiger partial charge in [-0.05, 0) is 35.7 Å². The van der Waals surface area contributed by atoms with Gasteiger partial charge in [-0.15, -0.1) is 0 Å². The van der Waals surface area contributed by atoms with Gasteiger partial charge >= 0.3 is 0 Å². The van der Waals surface area contributed by atoms with E-state index in [0.29, 0.717) is 5.92 Å². The first kappa shape index (κ1) is 14.4. The standard InChI is InChI=1S/C17H23N3/c1-13(2)11-18-17-9-8-15(12-19-17)14-6-5-7-16(10-14)20(3)4/h5-10,12-13H,11H2,1-4H3,(H,18,19). The Kier molecular flexibility index (Phi) is 4.61. The summed E-state index contributed by atoms with van der Waals surface area (Å²) in [5.74, 6) is 1.56. The Hall–Kier alpha value is -2.03. The highest BCUT2D eigenvalue weighted by atomic mass is 15.1. The molecule has 0 saturated heterocycles. The van der Waals surface area contributed by atoms with Crippen molar-refractivity contribution in [1.29, 1.82) is 0 Å². The van der Waals surface area contributed by atoms with Crippen LogP contribution in [0.3, 0.4) is 0 Å². The number of rotatable bonds is 5. The molecule has 0 saturated carbocycles. The van der Waals surface area contributed by atoms with Crippen molar-refractivity contribution >= 4 is 11.5 Å². The molecule has 1 heterocycles. The van der Waals surface area contributed by atoms with Crippen LogP contribution in [0.1, 0.15) is 13.8 Å². The number of hydrogen-bond donors (Lipinski definition) is 1. The van der Waals surface area contributed by atoms with Crippen molar-refractivity contribution in [2.45, 2.75) is 13.8 Å². The number of nitrogens with zero attached hydrogens (tertiary/aromatic N) is 2. The summed E-state index contributed by atoms with van der Waals surface area (Å²) in [6.45, 7) is 5.32. The normalized spacial score (nSPS) is 10.7. The van der Waals surface area contributed by atoms with Crippen LogP contribution >= 0.6 is 0 Å². The van der Waals surface area contributed by atoms with Crippen LogP contribution in [0.2, 0.25) is 0 Å². The van der Waals surface area contributed by atoms with E-state index in [0.717, 1.165) is 17.9 Å². The number of nitrogens with one attached hydrogen (secondary N) is 1. The summed E-state index contributed by atoms with van der Waals surface area (Å²) in [6.07, 6.45) is 1.93. The summed E-state index contributed by atoms with van der Waals surface area (Å²) in [7, 11) is 4.10. The van der Waals surface area contributed by atoms with Crippen LogP contribution in [0.15, 0.2) is 42.6 Å². The van der Waals surface area contributed by atoms with E-state index in [1.54, 1.807) is 0 Å². The fraction of sp³-hybridized carbons (Fsp3) is 0.353. The lowest BCUT2D eigenvalue weighted by atomic mass is 10.1. The van der Waals surface area contributed by atoms with Crippen LogP contribution < -0.4 is 10.2 Å². The van der Waals surface area contributed by atoms with E-state index < -0.39 is 0 Å². The Labute approximate surface area is 121 Å². The number of aromatic nitrogens is 1.